The van der Waals surface area contributed by atoms with Gasteiger partial charge in [-0.2, -0.15) is 13.2 Å². The standard InChI is InChI=1S/C14H12F3N5O/c15-14(16,17)9-3-10(11(19-6-9)13(23)22-18)8-4-20-12(21-5-8)7-1-2-7/h3-7H,1-2,18H2,(H,22,23). The summed E-state index contributed by atoms with van der Waals surface area (Å²) in [7, 11) is 0. The average Bonchev–Trinajstić information content (AvgIpc) is 3.38. The predicted octanol–water partition coefficient (Wildman–Crippen LogP) is 2.04. The van der Waals surface area contributed by atoms with Gasteiger partial charge >= 0.3 is 6.18 Å². The summed E-state index contributed by atoms with van der Waals surface area (Å²) < 4.78 is 38.6. The van der Waals surface area contributed by atoms with Crippen LogP contribution in [0, 0.1) is 0 Å². The first kappa shape index (κ1) is 15.3. The third kappa shape index (κ3) is 3.14. The van der Waals surface area contributed by atoms with Crippen molar-refractivity contribution in [1.82, 2.24) is 20.4 Å². The third-order valence-electron chi connectivity index (χ3n) is 3.49. The second-order valence-electron chi connectivity index (χ2n) is 5.20. The zero-order chi connectivity index (χ0) is 16.6. The Bertz CT molecular complexity index is 741. The molecule has 1 saturated carbocycles. The maximum Gasteiger partial charge on any atom is 0.417 e. The summed E-state index contributed by atoms with van der Waals surface area (Å²) in [6.45, 7) is 0. The van der Waals surface area contributed by atoms with Gasteiger partial charge in [-0.1, -0.05) is 0 Å². The number of rotatable bonds is 3. The molecular formula is C14H12F3N5O. The molecule has 2 aromatic rings. The molecule has 1 fully saturated rings. The molecule has 0 radical (unpaired) electrons. The van der Waals surface area contributed by atoms with Gasteiger partial charge in [-0.05, 0) is 18.9 Å². The van der Waals surface area contributed by atoms with Crippen LogP contribution in [-0.2, 0) is 6.18 Å². The van der Waals surface area contributed by atoms with Crippen molar-refractivity contribution in [3.8, 4) is 11.1 Å². The Morgan fingerprint density at radius 2 is 1.83 bits per heavy atom. The number of alkyl halides is 3. The van der Waals surface area contributed by atoms with Crippen LogP contribution in [-0.4, -0.2) is 20.9 Å². The number of carbonyl (C=O) groups excluding carboxylic acids is 1. The fourth-order valence-electron chi connectivity index (χ4n) is 2.12. The predicted molar refractivity (Wildman–Crippen MR) is 73.9 cm³/mol. The number of amides is 1. The van der Waals surface area contributed by atoms with E-state index in [-0.39, 0.29) is 16.8 Å². The first-order valence-corrected chi connectivity index (χ1v) is 6.80. The summed E-state index contributed by atoms with van der Waals surface area (Å²) >= 11 is 0. The minimum Gasteiger partial charge on any atom is -0.289 e. The minimum atomic E-state index is -4.58. The summed E-state index contributed by atoms with van der Waals surface area (Å²) in [6.07, 6.45) is 0.814. The molecule has 3 N–H and O–H groups in total. The summed E-state index contributed by atoms with van der Waals surface area (Å²) in [5.74, 6) is 5.23. The highest BCUT2D eigenvalue weighted by Gasteiger charge is 2.33. The number of nitrogen functional groups attached to an aromatic ring is 1. The van der Waals surface area contributed by atoms with E-state index in [2.05, 4.69) is 15.0 Å². The number of nitrogens with zero attached hydrogens (tertiary/aromatic N) is 3. The maximum atomic E-state index is 12.9. The van der Waals surface area contributed by atoms with Gasteiger partial charge in [0, 0.05) is 35.6 Å². The molecule has 0 aliphatic heterocycles. The second-order valence-corrected chi connectivity index (χ2v) is 5.20. The molecule has 1 aliphatic rings. The van der Waals surface area contributed by atoms with Crippen molar-refractivity contribution in [3.63, 3.8) is 0 Å². The highest BCUT2D eigenvalue weighted by molar-refractivity contribution is 5.98. The van der Waals surface area contributed by atoms with Crippen molar-refractivity contribution < 1.29 is 18.0 Å². The maximum absolute atomic E-state index is 12.9. The van der Waals surface area contributed by atoms with Crippen LogP contribution in [0.15, 0.2) is 24.7 Å². The number of hydrazine groups is 1. The minimum absolute atomic E-state index is 0.0230. The van der Waals surface area contributed by atoms with Crippen molar-refractivity contribution in [2.75, 3.05) is 0 Å². The molecule has 6 nitrogen and oxygen atoms in total. The van der Waals surface area contributed by atoms with Crippen molar-refractivity contribution >= 4 is 5.91 Å². The molecule has 2 heterocycles. The van der Waals surface area contributed by atoms with Crippen molar-refractivity contribution in [1.29, 1.82) is 0 Å². The van der Waals surface area contributed by atoms with Gasteiger partial charge in [0.1, 0.15) is 11.5 Å². The molecule has 23 heavy (non-hydrogen) atoms. The monoisotopic (exact) mass is 323 g/mol. The van der Waals surface area contributed by atoms with Gasteiger partial charge in [0.2, 0.25) is 0 Å². The van der Waals surface area contributed by atoms with Gasteiger partial charge in [0.15, 0.2) is 0 Å². The number of pyridine rings is 1. The Morgan fingerprint density at radius 1 is 1.17 bits per heavy atom. The van der Waals surface area contributed by atoms with Crippen molar-refractivity contribution in [2.24, 2.45) is 5.84 Å². The fraction of sp³-hybridized carbons (Fsp3) is 0.286. The van der Waals surface area contributed by atoms with Crippen LogP contribution >= 0.6 is 0 Å². The van der Waals surface area contributed by atoms with Gasteiger partial charge < -0.3 is 0 Å². The molecule has 1 amide bonds. The molecule has 0 unspecified atom stereocenters. The van der Waals surface area contributed by atoms with Crippen LogP contribution in [0.5, 0.6) is 0 Å². The summed E-state index contributed by atoms with van der Waals surface area (Å²) in [4.78, 5) is 23.6. The van der Waals surface area contributed by atoms with Crippen molar-refractivity contribution in [3.05, 3.63) is 41.7 Å². The zero-order valence-corrected chi connectivity index (χ0v) is 11.8. The van der Waals surface area contributed by atoms with Gasteiger partial charge in [-0.25, -0.2) is 20.8 Å². The van der Waals surface area contributed by atoms with E-state index in [4.69, 9.17) is 5.84 Å². The van der Waals surface area contributed by atoms with E-state index in [1.165, 1.54) is 12.4 Å². The zero-order valence-electron chi connectivity index (χ0n) is 11.8. The fourth-order valence-corrected chi connectivity index (χ4v) is 2.12. The Balaban J connectivity index is 2.07. The molecule has 0 spiro atoms. The molecule has 0 aromatic carbocycles. The molecule has 1 aliphatic carbocycles. The van der Waals surface area contributed by atoms with Crippen LogP contribution < -0.4 is 11.3 Å². The number of aromatic nitrogens is 3. The van der Waals surface area contributed by atoms with Gasteiger partial charge in [0.05, 0.1) is 5.56 Å². The van der Waals surface area contributed by atoms with Crippen LogP contribution in [0.1, 0.15) is 40.6 Å². The van der Waals surface area contributed by atoms with E-state index in [9.17, 15) is 18.0 Å². The van der Waals surface area contributed by atoms with Gasteiger partial charge in [-0.3, -0.25) is 10.2 Å². The number of carbonyl (C=O) groups is 1. The molecule has 2 aromatic heterocycles. The van der Waals surface area contributed by atoms with Crippen LogP contribution in [0.25, 0.3) is 11.1 Å². The molecule has 3 rings (SSSR count). The molecule has 0 atom stereocenters. The third-order valence-corrected chi connectivity index (χ3v) is 3.49. The number of nitrogens with two attached hydrogens (primary N) is 1. The van der Waals surface area contributed by atoms with E-state index in [1.807, 2.05) is 5.43 Å². The highest BCUT2D eigenvalue weighted by Crippen LogP contribution is 2.38. The summed E-state index contributed by atoms with van der Waals surface area (Å²) in [5, 5.41) is 0. The molecule has 9 heteroatoms. The number of hydrogen-bond donors (Lipinski definition) is 2. The largest absolute Gasteiger partial charge is 0.417 e. The second kappa shape index (κ2) is 5.58. The molecule has 0 bridgehead atoms. The smallest absolute Gasteiger partial charge is 0.289 e. The Kier molecular flexibility index (Phi) is 3.72. The topological polar surface area (TPSA) is 93.8 Å². The first-order valence-electron chi connectivity index (χ1n) is 6.80. The van der Waals surface area contributed by atoms with E-state index < -0.39 is 17.6 Å². The number of hydrogen-bond acceptors (Lipinski definition) is 5. The SMILES string of the molecule is NNC(=O)c1ncc(C(F)(F)F)cc1-c1cnc(C2CC2)nc1. The first-order chi connectivity index (χ1) is 10.9. The Hall–Kier alpha value is -2.55. The molecular weight excluding hydrogens is 311 g/mol. The number of nitrogens with one attached hydrogen (secondary N) is 1. The van der Waals surface area contributed by atoms with E-state index in [0.29, 0.717) is 17.9 Å². The van der Waals surface area contributed by atoms with E-state index in [1.54, 1.807) is 0 Å². The quantitative estimate of drug-likeness (QED) is 0.512. The lowest BCUT2D eigenvalue weighted by atomic mass is 10.0. The molecule has 0 saturated heterocycles. The molecule has 120 valence electrons. The average molecular weight is 323 g/mol. The van der Waals surface area contributed by atoms with Gasteiger partial charge in [-0.15, -0.1) is 0 Å². The Morgan fingerprint density at radius 3 is 2.35 bits per heavy atom. The van der Waals surface area contributed by atoms with Crippen LogP contribution in [0.4, 0.5) is 13.2 Å². The van der Waals surface area contributed by atoms with E-state index in [0.717, 1.165) is 18.9 Å². The normalized spacial score (nSPS) is 14.6. The van der Waals surface area contributed by atoms with Crippen LogP contribution in [0.2, 0.25) is 0 Å². The highest BCUT2D eigenvalue weighted by atomic mass is 19.4. The summed E-state index contributed by atoms with van der Waals surface area (Å²) in [6, 6.07) is 0.840. The lowest BCUT2D eigenvalue weighted by Gasteiger charge is -2.12. The van der Waals surface area contributed by atoms with E-state index >= 15 is 0 Å². The van der Waals surface area contributed by atoms with Crippen LogP contribution in [0.3, 0.4) is 0 Å². The lowest BCUT2D eigenvalue weighted by Crippen LogP contribution is -2.31. The lowest BCUT2D eigenvalue weighted by molar-refractivity contribution is -0.137. The number of halogens is 3. The summed E-state index contributed by atoms with van der Waals surface area (Å²) in [5.41, 5.74) is 0.928. The Labute approximate surface area is 128 Å². The van der Waals surface area contributed by atoms with Gasteiger partial charge in [0.25, 0.3) is 5.91 Å². The van der Waals surface area contributed by atoms with Crippen molar-refractivity contribution in [2.45, 2.75) is 24.9 Å².